The van der Waals surface area contributed by atoms with E-state index in [9.17, 15) is 22.8 Å². The van der Waals surface area contributed by atoms with Gasteiger partial charge in [-0.05, 0) is 24.1 Å². The number of fused-ring (bicyclic) bond motifs is 1. The predicted octanol–water partition coefficient (Wildman–Crippen LogP) is 3.60. The smallest absolute Gasteiger partial charge is 0.433 e. The minimum atomic E-state index is -4.67. The van der Waals surface area contributed by atoms with Gasteiger partial charge in [0.05, 0.1) is 31.0 Å². The molecule has 0 atom stereocenters. The summed E-state index contributed by atoms with van der Waals surface area (Å²) in [4.78, 5) is 30.5. The SMILES string of the molecule is CC(C)COc1cc2nn(CC(=O)N3CCOCC3)cc2cc1NC(=O)c1cccc(C(F)(F)F)n1. The second-order valence-corrected chi connectivity index (χ2v) is 8.79. The molecule has 0 aliphatic carbocycles. The number of halogens is 3. The lowest BCUT2D eigenvalue weighted by Gasteiger charge is -2.26. The zero-order chi connectivity index (χ0) is 25.9. The molecule has 0 spiro atoms. The van der Waals surface area contributed by atoms with Crippen LogP contribution in [0.1, 0.15) is 30.0 Å². The third kappa shape index (κ3) is 6.11. The first-order valence-corrected chi connectivity index (χ1v) is 11.5. The van der Waals surface area contributed by atoms with Crippen molar-refractivity contribution < 1.29 is 32.2 Å². The second-order valence-electron chi connectivity index (χ2n) is 8.79. The van der Waals surface area contributed by atoms with Crippen LogP contribution >= 0.6 is 0 Å². The van der Waals surface area contributed by atoms with Crippen LogP contribution in [0.4, 0.5) is 18.9 Å². The highest BCUT2D eigenvalue weighted by atomic mass is 19.4. The Labute approximate surface area is 205 Å². The topological polar surface area (TPSA) is 98.6 Å². The van der Waals surface area contributed by atoms with Gasteiger partial charge < -0.3 is 19.7 Å². The lowest BCUT2D eigenvalue weighted by Crippen LogP contribution is -2.42. The fourth-order valence-corrected chi connectivity index (χ4v) is 3.61. The zero-order valence-electron chi connectivity index (χ0n) is 19.8. The van der Waals surface area contributed by atoms with E-state index in [4.69, 9.17) is 9.47 Å². The van der Waals surface area contributed by atoms with Crippen LogP contribution in [0.2, 0.25) is 0 Å². The molecule has 0 radical (unpaired) electrons. The Bertz CT molecular complexity index is 1250. The number of rotatable bonds is 7. The summed E-state index contributed by atoms with van der Waals surface area (Å²) in [5.41, 5.74) is -0.746. The molecule has 3 aromatic rings. The molecular weight excluding hydrogens is 479 g/mol. The normalized spacial score (nSPS) is 14.3. The maximum Gasteiger partial charge on any atom is 0.433 e. The highest BCUT2D eigenvalue weighted by molar-refractivity contribution is 6.05. The first-order valence-electron chi connectivity index (χ1n) is 11.5. The summed E-state index contributed by atoms with van der Waals surface area (Å²) in [6.45, 7) is 6.31. The van der Waals surface area contributed by atoms with Crippen molar-refractivity contribution in [2.24, 2.45) is 5.92 Å². The van der Waals surface area contributed by atoms with Crippen LogP contribution < -0.4 is 10.1 Å². The standard InChI is InChI=1S/C24H26F3N5O4/c1-15(2)14-36-20-11-18-16(12-32(30-18)13-22(33)31-6-8-35-9-7-31)10-19(20)29-23(34)17-4-3-5-21(28-17)24(25,26)27/h3-5,10-12,15H,6-9,13-14H2,1-2H3,(H,29,34). The Morgan fingerprint density at radius 2 is 1.94 bits per heavy atom. The minimum absolute atomic E-state index is 0.0344. The van der Waals surface area contributed by atoms with Crippen molar-refractivity contribution in [3.63, 3.8) is 0 Å². The van der Waals surface area contributed by atoms with E-state index in [1.165, 1.54) is 10.7 Å². The lowest BCUT2D eigenvalue weighted by molar-refractivity contribution is -0.141. The molecule has 2 amide bonds. The molecule has 1 aromatic carbocycles. The van der Waals surface area contributed by atoms with Gasteiger partial charge in [-0.2, -0.15) is 18.3 Å². The number of hydrogen-bond acceptors (Lipinski definition) is 6. The fraction of sp³-hybridized carbons (Fsp3) is 0.417. The summed E-state index contributed by atoms with van der Waals surface area (Å²) < 4.78 is 51.7. The van der Waals surface area contributed by atoms with Crippen LogP contribution in [0, 0.1) is 5.92 Å². The molecule has 2 aromatic heterocycles. The average molecular weight is 505 g/mol. The number of hydrogen-bond donors (Lipinski definition) is 1. The summed E-state index contributed by atoms with van der Waals surface area (Å²) in [7, 11) is 0. The molecule has 1 fully saturated rings. The molecule has 3 heterocycles. The number of anilines is 1. The summed E-state index contributed by atoms with van der Waals surface area (Å²) in [5, 5.41) is 7.68. The molecule has 12 heteroatoms. The van der Waals surface area contributed by atoms with Crippen LogP contribution in [0.15, 0.2) is 36.5 Å². The van der Waals surface area contributed by atoms with Gasteiger partial charge in [-0.25, -0.2) is 4.98 Å². The van der Waals surface area contributed by atoms with Gasteiger partial charge in [0.25, 0.3) is 5.91 Å². The molecule has 4 rings (SSSR count). The van der Waals surface area contributed by atoms with Crippen molar-refractivity contribution in [3.8, 4) is 5.75 Å². The van der Waals surface area contributed by atoms with Crippen molar-refractivity contribution in [3.05, 3.63) is 47.9 Å². The summed E-state index contributed by atoms with van der Waals surface area (Å²) in [6.07, 6.45) is -3.01. The second kappa shape index (κ2) is 10.5. The lowest BCUT2D eigenvalue weighted by atomic mass is 10.2. The van der Waals surface area contributed by atoms with E-state index in [1.807, 2.05) is 13.8 Å². The van der Waals surface area contributed by atoms with Gasteiger partial charge in [-0.1, -0.05) is 19.9 Å². The number of carbonyl (C=O) groups excluding carboxylic acids is 2. The number of morpholine rings is 1. The number of nitrogens with zero attached hydrogens (tertiary/aromatic N) is 4. The first kappa shape index (κ1) is 25.4. The van der Waals surface area contributed by atoms with Crippen LogP contribution in [0.3, 0.4) is 0 Å². The van der Waals surface area contributed by atoms with E-state index in [-0.39, 0.29) is 29.8 Å². The van der Waals surface area contributed by atoms with E-state index in [2.05, 4.69) is 15.4 Å². The molecule has 0 saturated carbocycles. The molecule has 192 valence electrons. The Morgan fingerprint density at radius 3 is 2.64 bits per heavy atom. The number of aromatic nitrogens is 3. The first-order chi connectivity index (χ1) is 17.1. The van der Waals surface area contributed by atoms with E-state index in [0.29, 0.717) is 49.6 Å². The minimum Gasteiger partial charge on any atom is -0.491 e. The van der Waals surface area contributed by atoms with E-state index in [0.717, 1.165) is 12.1 Å². The van der Waals surface area contributed by atoms with Crippen molar-refractivity contribution in [1.82, 2.24) is 19.7 Å². The number of pyridine rings is 1. The molecule has 1 saturated heterocycles. The molecule has 36 heavy (non-hydrogen) atoms. The van der Waals surface area contributed by atoms with Crippen molar-refractivity contribution in [2.75, 3.05) is 38.2 Å². The highest BCUT2D eigenvalue weighted by Gasteiger charge is 2.33. The van der Waals surface area contributed by atoms with Crippen molar-refractivity contribution >= 4 is 28.4 Å². The summed E-state index contributed by atoms with van der Waals surface area (Å²) >= 11 is 0. The van der Waals surface area contributed by atoms with Crippen molar-refractivity contribution in [2.45, 2.75) is 26.6 Å². The van der Waals surface area contributed by atoms with Gasteiger partial charge >= 0.3 is 6.18 Å². The molecule has 0 unspecified atom stereocenters. The van der Waals surface area contributed by atoms with Gasteiger partial charge in [0.2, 0.25) is 5.91 Å². The predicted molar refractivity (Wildman–Crippen MR) is 125 cm³/mol. The van der Waals surface area contributed by atoms with Gasteiger partial charge in [0, 0.05) is 30.7 Å². The Morgan fingerprint density at radius 1 is 1.19 bits per heavy atom. The van der Waals surface area contributed by atoms with E-state index < -0.39 is 17.8 Å². The molecule has 9 nitrogen and oxygen atoms in total. The van der Waals surface area contributed by atoms with Crippen LogP contribution in [0.25, 0.3) is 10.9 Å². The molecular formula is C24H26F3N5O4. The van der Waals surface area contributed by atoms with Gasteiger partial charge in [-0.3, -0.25) is 14.3 Å². The molecule has 0 bridgehead atoms. The Kier molecular flexibility index (Phi) is 7.43. The van der Waals surface area contributed by atoms with Gasteiger partial charge in [0.15, 0.2) is 0 Å². The number of ether oxygens (including phenoxy) is 2. The number of benzene rings is 1. The van der Waals surface area contributed by atoms with Crippen LogP contribution in [0.5, 0.6) is 5.75 Å². The number of amides is 2. The van der Waals surface area contributed by atoms with Gasteiger partial charge in [-0.15, -0.1) is 0 Å². The summed E-state index contributed by atoms with van der Waals surface area (Å²) in [5.74, 6) is -0.421. The highest BCUT2D eigenvalue weighted by Crippen LogP contribution is 2.32. The summed E-state index contributed by atoms with van der Waals surface area (Å²) in [6, 6.07) is 6.36. The number of carbonyl (C=O) groups is 2. The Balaban J connectivity index is 1.60. The monoisotopic (exact) mass is 505 g/mol. The van der Waals surface area contributed by atoms with Gasteiger partial charge in [0.1, 0.15) is 23.7 Å². The Hall–Kier alpha value is -3.67. The van der Waals surface area contributed by atoms with E-state index >= 15 is 0 Å². The average Bonchev–Trinajstić information content (AvgIpc) is 3.23. The van der Waals surface area contributed by atoms with Crippen LogP contribution in [-0.4, -0.2) is 64.4 Å². The third-order valence-corrected chi connectivity index (χ3v) is 5.41. The van der Waals surface area contributed by atoms with Crippen LogP contribution in [-0.2, 0) is 22.3 Å². The largest absolute Gasteiger partial charge is 0.491 e. The fourth-order valence-electron chi connectivity index (χ4n) is 3.61. The molecule has 1 N–H and O–H groups in total. The zero-order valence-corrected chi connectivity index (χ0v) is 19.8. The van der Waals surface area contributed by atoms with Crippen molar-refractivity contribution in [1.29, 1.82) is 0 Å². The molecule has 1 aliphatic rings. The van der Waals surface area contributed by atoms with E-state index in [1.54, 1.807) is 23.2 Å². The number of alkyl halides is 3. The maximum absolute atomic E-state index is 13.0. The molecule has 1 aliphatic heterocycles. The quantitative estimate of drug-likeness (QED) is 0.527. The maximum atomic E-state index is 13.0. The number of nitrogens with one attached hydrogen (secondary N) is 1. The third-order valence-electron chi connectivity index (χ3n) is 5.41.